The second-order valence-electron chi connectivity index (χ2n) is 12.5. The van der Waals surface area contributed by atoms with Crippen LogP contribution in [0.2, 0.25) is 0 Å². The van der Waals surface area contributed by atoms with Gasteiger partial charge in [0.15, 0.2) is 11.6 Å². The Morgan fingerprint density at radius 3 is 2.44 bits per heavy atom. The molecule has 0 amide bonds. The minimum absolute atomic E-state index is 0.0223. The molecule has 3 aromatic heterocycles. The first-order chi connectivity index (χ1) is 19.8. The predicted molar refractivity (Wildman–Crippen MR) is 142 cm³/mol. The first-order valence-corrected chi connectivity index (χ1v) is 14.8. The van der Waals surface area contributed by atoms with Crippen molar-refractivity contribution in [1.82, 2.24) is 34.8 Å². The van der Waals surface area contributed by atoms with E-state index in [0.717, 1.165) is 69.1 Å². The van der Waals surface area contributed by atoms with Crippen molar-refractivity contribution in [1.29, 1.82) is 0 Å². The van der Waals surface area contributed by atoms with Crippen LogP contribution in [0, 0.1) is 5.41 Å². The van der Waals surface area contributed by atoms with Gasteiger partial charge in [0.05, 0.1) is 31.0 Å². The normalized spacial score (nSPS) is 28.3. The molecule has 2 saturated heterocycles. The van der Waals surface area contributed by atoms with Gasteiger partial charge in [-0.15, -0.1) is 0 Å². The van der Waals surface area contributed by atoms with Crippen molar-refractivity contribution in [2.45, 2.75) is 88.1 Å². The predicted octanol–water partition coefficient (Wildman–Crippen LogP) is 5.25. The molecule has 3 aromatic rings. The molecule has 7 rings (SSSR count). The number of pyridine rings is 1. The van der Waals surface area contributed by atoms with Crippen LogP contribution in [0.4, 0.5) is 13.2 Å². The zero-order chi connectivity index (χ0) is 28.0. The summed E-state index contributed by atoms with van der Waals surface area (Å²) >= 11 is 0. The highest BCUT2D eigenvalue weighted by atomic mass is 19.4. The van der Waals surface area contributed by atoms with Crippen LogP contribution in [0.1, 0.15) is 92.0 Å². The molecule has 2 saturated carbocycles. The number of likely N-dealkylation sites (tertiary alicyclic amines) is 1. The maximum atomic E-state index is 12.9. The Labute approximate surface area is 236 Å². The highest BCUT2D eigenvalue weighted by Gasteiger charge is 2.51. The average molecular weight is 572 g/mol. The number of ether oxygens (including phenoxy) is 2. The summed E-state index contributed by atoms with van der Waals surface area (Å²) in [6.45, 7) is 4.32. The third-order valence-corrected chi connectivity index (χ3v) is 9.60. The summed E-state index contributed by atoms with van der Waals surface area (Å²) in [4.78, 5) is 11.1. The number of rotatable bonds is 7. The Bertz CT molecular complexity index is 1330. The number of hydrogen-bond donors (Lipinski definition) is 1. The fraction of sp³-hybridized carbons (Fsp3) is 0.655. The van der Waals surface area contributed by atoms with Gasteiger partial charge in [-0.3, -0.25) is 14.7 Å². The van der Waals surface area contributed by atoms with Gasteiger partial charge in [0, 0.05) is 48.9 Å². The fourth-order valence-electron chi connectivity index (χ4n) is 7.15. The van der Waals surface area contributed by atoms with E-state index in [1.807, 2.05) is 0 Å². The fourth-order valence-corrected chi connectivity index (χ4v) is 7.15. The topological polar surface area (TPSA) is 94.0 Å². The molecule has 12 heteroatoms. The molecule has 0 unspecified atom stereocenters. The number of halogens is 3. The Hall–Kier alpha value is -2.99. The third-order valence-electron chi connectivity index (χ3n) is 9.60. The molecular formula is C29H36F3N7O2. The monoisotopic (exact) mass is 571 g/mol. The quantitative estimate of drug-likeness (QED) is 0.414. The van der Waals surface area contributed by atoms with Gasteiger partial charge >= 0.3 is 6.18 Å². The van der Waals surface area contributed by atoms with Crippen LogP contribution in [0.15, 0.2) is 30.7 Å². The maximum Gasteiger partial charge on any atom is 0.416 e. The van der Waals surface area contributed by atoms with Gasteiger partial charge in [0.1, 0.15) is 6.61 Å². The van der Waals surface area contributed by atoms with Gasteiger partial charge in [-0.25, -0.2) is 9.97 Å². The lowest BCUT2D eigenvalue weighted by molar-refractivity contribution is -0.200. The van der Waals surface area contributed by atoms with Crippen LogP contribution in [-0.4, -0.2) is 67.2 Å². The Morgan fingerprint density at radius 2 is 1.73 bits per heavy atom. The molecule has 1 N–H and O–H groups in total. The maximum absolute atomic E-state index is 12.9. The lowest BCUT2D eigenvalue weighted by Crippen LogP contribution is -2.68. The highest BCUT2D eigenvalue weighted by molar-refractivity contribution is 5.23. The second-order valence-corrected chi connectivity index (χ2v) is 12.5. The summed E-state index contributed by atoms with van der Waals surface area (Å²) in [5.41, 5.74) is 1.03. The van der Waals surface area contributed by atoms with E-state index in [-0.39, 0.29) is 18.4 Å². The highest BCUT2D eigenvalue weighted by Crippen LogP contribution is 2.43. The summed E-state index contributed by atoms with van der Waals surface area (Å²) in [5, 5.41) is 12.0. The molecule has 41 heavy (non-hydrogen) atoms. The van der Waals surface area contributed by atoms with Crippen molar-refractivity contribution in [3.05, 3.63) is 53.5 Å². The second kappa shape index (κ2) is 10.7. The standard InChI is InChI=1S/C29H36F3N7O2/c30-29(31,32)22-9-10-33-26(11-22)41-14-25-35-27(37-36-25)20-3-1-19(2-4-20)21-12-34-39(13-21)24-7-5-23(6-8-24)38-15-28(16-38)17-40-18-28/h9-13,19-20,23-24H,1-8,14-18H2,(H,35,36,37). The molecule has 0 bridgehead atoms. The van der Waals surface area contributed by atoms with E-state index < -0.39 is 11.7 Å². The van der Waals surface area contributed by atoms with Crippen LogP contribution in [0.25, 0.3) is 0 Å². The van der Waals surface area contributed by atoms with Crippen LogP contribution in [0.3, 0.4) is 0 Å². The number of aromatic amines is 1. The summed E-state index contributed by atoms with van der Waals surface area (Å²) in [6, 6.07) is 3.03. The van der Waals surface area contributed by atoms with Crippen molar-refractivity contribution in [3.63, 3.8) is 0 Å². The summed E-state index contributed by atoms with van der Waals surface area (Å²) in [6.07, 6.45) is 9.96. The van der Waals surface area contributed by atoms with Gasteiger partial charge < -0.3 is 9.47 Å². The zero-order valence-corrected chi connectivity index (χ0v) is 23.0. The zero-order valence-electron chi connectivity index (χ0n) is 23.0. The van der Waals surface area contributed by atoms with E-state index in [2.05, 4.69) is 42.1 Å². The molecule has 2 aliphatic heterocycles. The summed E-state index contributed by atoms with van der Waals surface area (Å²) in [5.74, 6) is 1.86. The number of nitrogens with one attached hydrogen (secondary N) is 1. The number of nitrogens with zero attached hydrogens (tertiary/aromatic N) is 6. The van der Waals surface area contributed by atoms with Crippen LogP contribution in [-0.2, 0) is 17.5 Å². The summed E-state index contributed by atoms with van der Waals surface area (Å²) < 4.78 is 51.8. The molecule has 0 aromatic carbocycles. The Morgan fingerprint density at radius 1 is 1.00 bits per heavy atom. The van der Waals surface area contributed by atoms with Gasteiger partial charge in [-0.2, -0.15) is 23.4 Å². The molecule has 0 radical (unpaired) electrons. The molecular weight excluding hydrogens is 535 g/mol. The Kier molecular flexibility index (Phi) is 7.01. The SMILES string of the molecule is FC(F)(F)c1ccnc(OCc2nc(C3CCC(c4cnn(C5CCC(N6CC7(COC7)C6)CC5)c4)CC3)n[nH]2)c1. The first kappa shape index (κ1) is 26.9. The Balaban J connectivity index is 0.871. The van der Waals surface area contributed by atoms with Gasteiger partial charge in [0.25, 0.3) is 0 Å². The number of hydrogen-bond acceptors (Lipinski definition) is 7. The van der Waals surface area contributed by atoms with Crippen molar-refractivity contribution in [3.8, 4) is 5.88 Å². The van der Waals surface area contributed by atoms with E-state index in [1.54, 1.807) is 0 Å². The molecule has 2 aliphatic carbocycles. The molecule has 5 heterocycles. The van der Waals surface area contributed by atoms with Crippen molar-refractivity contribution in [2.75, 3.05) is 26.3 Å². The molecule has 4 fully saturated rings. The molecule has 0 atom stereocenters. The number of alkyl halides is 3. The molecule has 220 valence electrons. The van der Waals surface area contributed by atoms with Crippen molar-refractivity contribution < 1.29 is 22.6 Å². The minimum atomic E-state index is -4.44. The minimum Gasteiger partial charge on any atom is -0.469 e. The molecule has 1 spiro atoms. The molecule has 4 aliphatic rings. The van der Waals surface area contributed by atoms with Gasteiger partial charge in [-0.05, 0) is 68.9 Å². The van der Waals surface area contributed by atoms with E-state index in [1.165, 1.54) is 44.3 Å². The van der Waals surface area contributed by atoms with Crippen LogP contribution >= 0.6 is 0 Å². The van der Waals surface area contributed by atoms with E-state index in [0.29, 0.717) is 23.2 Å². The lowest BCUT2D eigenvalue weighted by Gasteiger charge is -2.58. The van der Waals surface area contributed by atoms with E-state index in [9.17, 15) is 13.2 Å². The van der Waals surface area contributed by atoms with Crippen LogP contribution < -0.4 is 4.74 Å². The summed E-state index contributed by atoms with van der Waals surface area (Å²) in [7, 11) is 0. The number of aromatic nitrogens is 6. The van der Waals surface area contributed by atoms with E-state index in [4.69, 9.17) is 14.6 Å². The van der Waals surface area contributed by atoms with E-state index >= 15 is 0 Å². The van der Waals surface area contributed by atoms with Crippen molar-refractivity contribution in [2.24, 2.45) is 5.41 Å². The van der Waals surface area contributed by atoms with Gasteiger partial charge in [0.2, 0.25) is 5.88 Å². The average Bonchev–Trinajstić information content (AvgIpc) is 3.61. The largest absolute Gasteiger partial charge is 0.469 e. The lowest BCUT2D eigenvalue weighted by atomic mass is 9.75. The number of H-pyrrole nitrogens is 1. The van der Waals surface area contributed by atoms with Crippen LogP contribution in [0.5, 0.6) is 5.88 Å². The smallest absolute Gasteiger partial charge is 0.416 e. The molecule has 9 nitrogen and oxygen atoms in total. The third kappa shape index (κ3) is 5.60. The van der Waals surface area contributed by atoms with Gasteiger partial charge in [-0.1, -0.05) is 0 Å². The first-order valence-electron chi connectivity index (χ1n) is 14.8. The van der Waals surface area contributed by atoms with Crippen molar-refractivity contribution >= 4 is 0 Å².